The van der Waals surface area contributed by atoms with E-state index < -0.39 is 6.43 Å². The Labute approximate surface area is 280 Å². The van der Waals surface area contributed by atoms with E-state index in [-0.39, 0.29) is 11.9 Å². The molecule has 4 aromatic rings. The van der Waals surface area contributed by atoms with Gasteiger partial charge >= 0.3 is 0 Å². The van der Waals surface area contributed by atoms with E-state index in [1.807, 2.05) is 17.0 Å². The van der Waals surface area contributed by atoms with E-state index in [4.69, 9.17) is 24.2 Å². The van der Waals surface area contributed by atoms with Crippen LogP contribution >= 0.6 is 0 Å². The summed E-state index contributed by atoms with van der Waals surface area (Å²) in [6, 6.07) is 20.2. The van der Waals surface area contributed by atoms with Crippen molar-refractivity contribution in [3.63, 3.8) is 0 Å². The Kier molecular flexibility index (Phi) is 10.4. The van der Waals surface area contributed by atoms with Gasteiger partial charge in [-0.25, -0.2) is 13.8 Å². The van der Waals surface area contributed by atoms with Crippen LogP contribution in [-0.4, -0.2) is 95.7 Å². The Hall–Kier alpha value is -3.71. The van der Waals surface area contributed by atoms with E-state index in [9.17, 15) is 8.78 Å². The van der Waals surface area contributed by atoms with Gasteiger partial charge in [-0.2, -0.15) is 9.97 Å². The Morgan fingerprint density at radius 2 is 1.73 bits per heavy atom. The van der Waals surface area contributed by atoms with Crippen molar-refractivity contribution in [1.82, 2.24) is 24.4 Å². The number of anilines is 2. The molecular formula is C36H45F2N7O3. The Bertz CT molecular complexity index is 1630. The van der Waals surface area contributed by atoms with Crippen molar-refractivity contribution in [3.8, 4) is 5.82 Å². The normalized spacial score (nSPS) is 23.7. The number of halogens is 2. The Balaban J connectivity index is 1.02. The predicted molar refractivity (Wildman–Crippen MR) is 181 cm³/mol. The molecule has 2 aromatic heterocycles. The molecule has 2 saturated heterocycles. The molecule has 2 aromatic carbocycles. The van der Waals surface area contributed by atoms with Crippen LogP contribution in [-0.2, 0) is 20.8 Å². The minimum Gasteiger partial charge on any atom is -0.383 e. The van der Waals surface area contributed by atoms with Crippen LogP contribution in [0.1, 0.15) is 49.9 Å². The van der Waals surface area contributed by atoms with Crippen molar-refractivity contribution in [3.05, 3.63) is 72.1 Å². The zero-order valence-electron chi connectivity index (χ0n) is 27.5. The molecular weight excluding hydrogens is 616 g/mol. The lowest BCUT2D eigenvalue weighted by Gasteiger charge is -2.37. The molecule has 1 aliphatic carbocycles. The van der Waals surface area contributed by atoms with Gasteiger partial charge < -0.3 is 24.4 Å². The highest BCUT2D eigenvalue weighted by atomic mass is 19.3. The first-order valence-electron chi connectivity index (χ1n) is 17.2. The number of para-hydroxylation sites is 2. The van der Waals surface area contributed by atoms with Crippen LogP contribution in [0.5, 0.6) is 0 Å². The van der Waals surface area contributed by atoms with E-state index in [2.05, 4.69) is 39.5 Å². The largest absolute Gasteiger partial charge is 0.383 e. The van der Waals surface area contributed by atoms with Crippen molar-refractivity contribution in [2.24, 2.45) is 5.92 Å². The Morgan fingerprint density at radius 3 is 2.50 bits per heavy atom. The second-order valence-corrected chi connectivity index (χ2v) is 13.1. The fourth-order valence-corrected chi connectivity index (χ4v) is 7.50. The highest BCUT2D eigenvalue weighted by Crippen LogP contribution is 2.34. The van der Waals surface area contributed by atoms with E-state index in [1.54, 1.807) is 31.4 Å². The van der Waals surface area contributed by atoms with Gasteiger partial charge in [-0.05, 0) is 55.7 Å². The van der Waals surface area contributed by atoms with Crippen molar-refractivity contribution in [2.75, 3.05) is 63.3 Å². The lowest BCUT2D eigenvalue weighted by molar-refractivity contribution is 0.0382. The molecule has 0 bridgehead atoms. The van der Waals surface area contributed by atoms with Gasteiger partial charge in [0.25, 0.3) is 6.43 Å². The maximum atomic E-state index is 14.3. The smallest absolute Gasteiger partial charge is 0.296 e. The second kappa shape index (κ2) is 15.2. The molecule has 1 N–H and O–H groups in total. The van der Waals surface area contributed by atoms with Crippen LogP contribution < -0.4 is 10.2 Å². The fourth-order valence-electron chi connectivity index (χ4n) is 7.50. The number of benzene rings is 2. The molecule has 10 nitrogen and oxygen atoms in total. The third-order valence-electron chi connectivity index (χ3n) is 9.97. The van der Waals surface area contributed by atoms with Crippen LogP contribution in [0.25, 0.3) is 16.9 Å². The summed E-state index contributed by atoms with van der Waals surface area (Å²) in [5, 5.41) is 3.56. The van der Waals surface area contributed by atoms with Crippen LogP contribution in [0.15, 0.2) is 60.7 Å². The molecule has 3 fully saturated rings. The number of fused-ring (bicyclic) bond motifs is 1. The maximum Gasteiger partial charge on any atom is 0.296 e. The van der Waals surface area contributed by atoms with E-state index in [0.29, 0.717) is 86.1 Å². The number of nitrogens with zero attached hydrogens (tertiary/aromatic N) is 6. The summed E-state index contributed by atoms with van der Waals surface area (Å²) in [6.07, 6.45) is 2.86. The highest BCUT2D eigenvalue weighted by molar-refractivity contribution is 5.78. The van der Waals surface area contributed by atoms with Crippen molar-refractivity contribution >= 4 is 22.8 Å². The van der Waals surface area contributed by atoms with Crippen LogP contribution in [0.3, 0.4) is 0 Å². The number of hydrogen-bond donors (Lipinski definition) is 1. The first-order chi connectivity index (χ1) is 23.6. The third kappa shape index (κ3) is 7.46. The lowest BCUT2D eigenvalue weighted by atomic mass is 9.85. The molecule has 2 atom stereocenters. The highest BCUT2D eigenvalue weighted by Gasteiger charge is 2.38. The minimum absolute atomic E-state index is 0.204. The molecule has 0 amide bonds. The van der Waals surface area contributed by atoms with Crippen molar-refractivity contribution in [2.45, 2.75) is 63.3 Å². The van der Waals surface area contributed by atoms with Gasteiger partial charge in [0, 0.05) is 51.4 Å². The SMILES string of the molecule is COC[C@@H]1C[C@@H](OCc2ccccc2)CN1C1CCC(CNc2cc(-n3c(C(F)F)nc4ccccc43)nc(N3CCOCC3)n2)CC1. The standard InChI is InChI=1S/C36H45F2N7O3/c1-46-24-28-19-29(48-23-26-7-3-2-4-8-26)22-44(28)27-13-11-25(12-14-27)21-39-32-20-33(42-36(41-32)43-15-17-47-18-16-43)45-31-10-6-5-9-30(31)40-35(45)34(37)38/h2-10,20,25,27-29,34H,11-19,21-24H2,1H3,(H,39,41,42)/t25?,27?,28-,29+/m0/s1. The molecule has 0 radical (unpaired) electrons. The summed E-state index contributed by atoms with van der Waals surface area (Å²) in [6.45, 7) is 5.45. The molecule has 2 aliphatic heterocycles. The number of ether oxygens (including phenoxy) is 3. The molecule has 48 heavy (non-hydrogen) atoms. The molecule has 256 valence electrons. The number of morpholine rings is 1. The number of rotatable bonds is 12. The average molecular weight is 662 g/mol. The van der Waals surface area contributed by atoms with Gasteiger partial charge in [0.05, 0.1) is 43.6 Å². The number of likely N-dealkylation sites (tertiary alicyclic amines) is 1. The summed E-state index contributed by atoms with van der Waals surface area (Å²) in [5.41, 5.74) is 2.29. The molecule has 3 aliphatic rings. The van der Waals surface area contributed by atoms with Crippen LogP contribution in [0, 0.1) is 5.92 Å². The zero-order chi connectivity index (χ0) is 32.9. The predicted octanol–water partition coefficient (Wildman–Crippen LogP) is 5.87. The molecule has 12 heteroatoms. The number of alkyl halides is 2. The van der Waals surface area contributed by atoms with Gasteiger partial charge in [-0.1, -0.05) is 42.5 Å². The molecule has 4 heterocycles. The number of nitrogens with one attached hydrogen (secondary N) is 1. The number of hydrogen-bond acceptors (Lipinski definition) is 9. The second-order valence-electron chi connectivity index (χ2n) is 13.1. The number of imidazole rings is 1. The zero-order valence-corrected chi connectivity index (χ0v) is 27.5. The van der Waals surface area contributed by atoms with Gasteiger partial charge in [0.15, 0.2) is 5.82 Å². The quantitative estimate of drug-likeness (QED) is 0.200. The molecule has 0 spiro atoms. The summed E-state index contributed by atoms with van der Waals surface area (Å²) >= 11 is 0. The number of aromatic nitrogens is 4. The average Bonchev–Trinajstić information content (AvgIpc) is 3.73. The number of methoxy groups -OCH3 is 1. The first kappa shape index (κ1) is 32.8. The summed E-state index contributed by atoms with van der Waals surface area (Å²) in [5.74, 6) is 1.66. The van der Waals surface area contributed by atoms with E-state index in [1.165, 1.54) is 10.1 Å². The Morgan fingerprint density at radius 1 is 0.958 bits per heavy atom. The monoisotopic (exact) mass is 661 g/mol. The maximum absolute atomic E-state index is 14.3. The lowest BCUT2D eigenvalue weighted by Crippen LogP contribution is -2.44. The third-order valence-corrected chi connectivity index (χ3v) is 9.97. The van der Waals surface area contributed by atoms with Crippen molar-refractivity contribution < 1.29 is 23.0 Å². The summed E-state index contributed by atoms with van der Waals surface area (Å²) < 4.78 is 47.5. The van der Waals surface area contributed by atoms with Crippen LogP contribution in [0.2, 0.25) is 0 Å². The molecule has 7 rings (SSSR count). The van der Waals surface area contributed by atoms with Gasteiger partial charge in [-0.3, -0.25) is 9.47 Å². The fraction of sp³-hybridized carbons (Fsp3) is 0.528. The van der Waals surface area contributed by atoms with Crippen molar-refractivity contribution in [1.29, 1.82) is 0 Å². The first-order valence-corrected chi connectivity index (χ1v) is 17.2. The summed E-state index contributed by atoms with van der Waals surface area (Å²) in [7, 11) is 1.78. The van der Waals surface area contributed by atoms with Gasteiger partial charge in [0.2, 0.25) is 5.95 Å². The molecule has 1 saturated carbocycles. The minimum atomic E-state index is -2.75. The van der Waals surface area contributed by atoms with Gasteiger partial charge in [0.1, 0.15) is 11.6 Å². The topological polar surface area (TPSA) is 89.8 Å². The van der Waals surface area contributed by atoms with E-state index >= 15 is 0 Å². The van der Waals surface area contributed by atoms with Crippen LogP contribution in [0.4, 0.5) is 20.5 Å². The van der Waals surface area contributed by atoms with E-state index in [0.717, 1.165) is 45.2 Å². The molecule has 0 unspecified atom stereocenters. The van der Waals surface area contributed by atoms with Gasteiger partial charge in [-0.15, -0.1) is 0 Å². The summed E-state index contributed by atoms with van der Waals surface area (Å²) in [4.78, 5) is 18.6.